The van der Waals surface area contributed by atoms with Gasteiger partial charge in [-0.15, -0.1) is 0 Å². The third-order valence-electron chi connectivity index (χ3n) is 2.81. The first kappa shape index (κ1) is 12.7. The van der Waals surface area contributed by atoms with Crippen molar-refractivity contribution in [3.8, 4) is 6.07 Å². The van der Waals surface area contributed by atoms with Crippen molar-refractivity contribution in [2.75, 3.05) is 17.2 Å². The van der Waals surface area contributed by atoms with Gasteiger partial charge in [0.1, 0.15) is 0 Å². The number of nitrogens with zero attached hydrogens (tertiary/aromatic N) is 2. The zero-order valence-corrected chi connectivity index (χ0v) is 10.9. The number of carbonyl (C=O) groups is 1. The number of nitrogen functional groups attached to an aromatic ring is 1. The normalized spacial score (nSPS) is 16.8. The van der Waals surface area contributed by atoms with Crippen molar-refractivity contribution in [1.82, 2.24) is 0 Å². The Balaban J connectivity index is 2.38. The molecule has 1 heterocycles. The van der Waals surface area contributed by atoms with Crippen LogP contribution >= 0.6 is 11.8 Å². The molecule has 0 unspecified atom stereocenters. The molecule has 2 N–H and O–H groups in total. The maximum Gasteiger partial charge on any atom is 0.279 e. The van der Waals surface area contributed by atoms with Gasteiger partial charge in [-0.25, -0.2) is 4.99 Å². The van der Waals surface area contributed by atoms with E-state index in [1.165, 1.54) is 6.07 Å². The summed E-state index contributed by atoms with van der Waals surface area (Å²) < 4.78 is 0. The summed E-state index contributed by atoms with van der Waals surface area (Å²) in [5.74, 6) is 1.48. The molecular formula is C13H13N3OS. The Morgan fingerprint density at radius 1 is 1.56 bits per heavy atom. The lowest BCUT2D eigenvalue weighted by molar-refractivity contribution is 0.100. The van der Waals surface area contributed by atoms with Crippen LogP contribution in [0.15, 0.2) is 17.1 Å². The van der Waals surface area contributed by atoms with Gasteiger partial charge in [0.05, 0.1) is 17.2 Å². The summed E-state index contributed by atoms with van der Waals surface area (Å²) in [5.41, 5.74) is 8.69. The highest BCUT2D eigenvalue weighted by molar-refractivity contribution is 8.00. The lowest BCUT2D eigenvalue weighted by Gasteiger charge is -2.06. The average molecular weight is 259 g/mol. The zero-order valence-electron chi connectivity index (χ0n) is 10.1. The van der Waals surface area contributed by atoms with Gasteiger partial charge in [0.25, 0.3) is 5.91 Å². The number of thioether (sulfide) groups is 1. The molecule has 0 bridgehead atoms. The van der Waals surface area contributed by atoms with E-state index in [9.17, 15) is 4.79 Å². The molecule has 5 heteroatoms. The molecule has 92 valence electrons. The fourth-order valence-electron chi connectivity index (χ4n) is 1.78. The smallest absolute Gasteiger partial charge is 0.279 e. The molecule has 1 aromatic carbocycles. The van der Waals surface area contributed by atoms with Gasteiger partial charge < -0.3 is 5.73 Å². The molecule has 0 saturated carbocycles. The Bertz CT molecular complexity index is 564. The van der Waals surface area contributed by atoms with E-state index < -0.39 is 0 Å². The summed E-state index contributed by atoms with van der Waals surface area (Å²) >= 11 is 1.77. The second kappa shape index (κ2) is 5.23. The van der Waals surface area contributed by atoms with E-state index in [4.69, 9.17) is 11.0 Å². The van der Waals surface area contributed by atoms with Crippen molar-refractivity contribution in [3.05, 3.63) is 28.8 Å². The predicted molar refractivity (Wildman–Crippen MR) is 74.0 cm³/mol. The third kappa shape index (κ3) is 2.54. The van der Waals surface area contributed by atoms with Crippen molar-refractivity contribution in [2.45, 2.75) is 13.3 Å². The minimum atomic E-state index is -0.342. The number of benzene rings is 1. The van der Waals surface area contributed by atoms with Gasteiger partial charge in [-0.05, 0) is 36.8 Å². The van der Waals surface area contributed by atoms with Crippen LogP contribution in [0.2, 0.25) is 0 Å². The van der Waals surface area contributed by atoms with Crippen LogP contribution in [0.1, 0.15) is 27.9 Å². The summed E-state index contributed by atoms with van der Waals surface area (Å²) in [6.45, 7) is 1.78. The molecule has 2 rings (SSSR count). The van der Waals surface area contributed by atoms with Gasteiger partial charge in [0.2, 0.25) is 0 Å². The Morgan fingerprint density at radius 2 is 2.33 bits per heavy atom. The fourth-order valence-corrected chi connectivity index (χ4v) is 2.75. The Kier molecular flexibility index (Phi) is 3.68. The summed E-state index contributed by atoms with van der Waals surface area (Å²) in [6, 6.07) is 5.21. The second-order valence-corrected chi connectivity index (χ2v) is 5.26. The number of nitrogens with two attached hydrogens (primary N) is 1. The average Bonchev–Trinajstić information content (AvgIpc) is 2.85. The van der Waals surface area contributed by atoms with Gasteiger partial charge in [-0.2, -0.15) is 17.0 Å². The molecule has 1 saturated heterocycles. The summed E-state index contributed by atoms with van der Waals surface area (Å²) in [4.78, 5) is 16.1. The van der Waals surface area contributed by atoms with Crippen LogP contribution < -0.4 is 5.73 Å². The quantitative estimate of drug-likeness (QED) is 0.784. The number of amides is 1. The van der Waals surface area contributed by atoms with E-state index in [0.29, 0.717) is 16.8 Å². The monoisotopic (exact) mass is 259 g/mol. The molecule has 0 aromatic heterocycles. The molecule has 1 fully saturated rings. The van der Waals surface area contributed by atoms with E-state index in [2.05, 4.69) is 4.99 Å². The third-order valence-corrected chi connectivity index (χ3v) is 3.84. The maximum atomic E-state index is 12.1. The van der Waals surface area contributed by atoms with Gasteiger partial charge >= 0.3 is 0 Å². The van der Waals surface area contributed by atoms with Crippen LogP contribution in [0.5, 0.6) is 0 Å². The number of rotatable bonds is 1. The van der Waals surface area contributed by atoms with E-state index in [0.717, 1.165) is 29.2 Å². The van der Waals surface area contributed by atoms with Crippen LogP contribution in [-0.4, -0.2) is 23.1 Å². The molecule has 0 aliphatic carbocycles. The highest BCUT2D eigenvalue weighted by atomic mass is 32.2. The molecule has 0 radical (unpaired) electrons. The Hall–Kier alpha value is -1.80. The van der Waals surface area contributed by atoms with Crippen molar-refractivity contribution in [1.29, 1.82) is 5.26 Å². The van der Waals surface area contributed by atoms with Crippen LogP contribution in [0.25, 0.3) is 0 Å². The highest BCUT2D eigenvalue weighted by Gasteiger charge is 2.15. The van der Waals surface area contributed by atoms with Crippen molar-refractivity contribution < 1.29 is 4.79 Å². The minimum absolute atomic E-state index is 0.330. The minimum Gasteiger partial charge on any atom is -0.398 e. The largest absolute Gasteiger partial charge is 0.398 e. The summed E-state index contributed by atoms with van der Waals surface area (Å²) in [7, 11) is 0. The van der Waals surface area contributed by atoms with Gasteiger partial charge in [0, 0.05) is 17.2 Å². The second-order valence-electron chi connectivity index (χ2n) is 4.15. The van der Waals surface area contributed by atoms with Gasteiger partial charge in [-0.3, -0.25) is 4.79 Å². The van der Waals surface area contributed by atoms with E-state index >= 15 is 0 Å². The van der Waals surface area contributed by atoms with Crippen molar-refractivity contribution >= 4 is 29.1 Å². The molecule has 1 aliphatic rings. The van der Waals surface area contributed by atoms with Crippen LogP contribution in [-0.2, 0) is 0 Å². The lowest BCUT2D eigenvalue weighted by atomic mass is 10.0. The summed E-state index contributed by atoms with van der Waals surface area (Å²) in [6.07, 6.45) is 0.854. The van der Waals surface area contributed by atoms with Crippen LogP contribution in [0, 0.1) is 18.3 Å². The topological polar surface area (TPSA) is 79.2 Å². The predicted octanol–water partition coefficient (Wildman–Crippen LogP) is 2.17. The van der Waals surface area contributed by atoms with E-state index in [1.807, 2.05) is 6.07 Å². The number of carbonyl (C=O) groups excluding carboxylic acids is 1. The molecular weight excluding hydrogens is 246 g/mol. The number of aryl methyl sites for hydroxylation is 1. The maximum absolute atomic E-state index is 12.1. The molecule has 0 spiro atoms. The lowest BCUT2D eigenvalue weighted by Crippen LogP contribution is -2.07. The number of anilines is 1. The Morgan fingerprint density at radius 3 is 2.94 bits per heavy atom. The molecule has 1 amide bonds. The number of hydrogen-bond donors (Lipinski definition) is 1. The fraction of sp³-hybridized carbons (Fsp3) is 0.308. The highest BCUT2D eigenvalue weighted by Crippen LogP contribution is 2.21. The molecule has 4 nitrogen and oxygen atoms in total. The van der Waals surface area contributed by atoms with Crippen LogP contribution in [0.3, 0.4) is 0 Å². The molecule has 1 aromatic rings. The van der Waals surface area contributed by atoms with Gasteiger partial charge in [0.15, 0.2) is 0 Å². The van der Waals surface area contributed by atoms with Crippen LogP contribution in [0.4, 0.5) is 5.69 Å². The van der Waals surface area contributed by atoms with E-state index in [-0.39, 0.29) is 5.91 Å². The Labute approximate surface area is 110 Å². The number of hydrogen-bond acceptors (Lipinski definition) is 4. The molecule has 18 heavy (non-hydrogen) atoms. The number of nitriles is 1. The van der Waals surface area contributed by atoms with Crippen molar-refractivity contribution in [3.63, 3.8) is 0 Å². The first-order valence-electron chi connectivity index (χ1n) is 5.60. The first-order valence-corrected chi connectivity index (χ1v) is 6.76. The van der Waals surface area contributed by atoms with E-state index in [1.54, 1.807) is 24.8 Å². The number of aliphatic imine (C=N–C) groups is 1. The summed E-state index contributed by atoms with van der Waals surface area (Å²) in [5, 5.41) is 8.90. The standard InChI is InChI=1S/C13H13N3OS/c1-8-4-9(6-14)5-11(12(8)15)13(17)16-10-2-3-18-7-10/h4-5H,2-3,7,15H2,1H3. The molecule has 0 atom stereocenters. The zero-order chi connectivity index (χ0) is 13.1. The van der Waals surface area contributed by atoms with Gasteiger partial charge in [-0.1, -0.05) is 0 Å². The molecule has 1 aliphatic heterocycles. The first-order chi connectivity index (χ1) is 8.61. The van der Waals surface area contributed by atoms with Crippen molar-refractivity contribution in [2.24, 2.45) is 4.99 Å². The SMILES string of the molecule is Cc1cc(C#N)cc(C(=O)N=C2CCSC2)c1N.